The van der Waals surface area contributed by atoms with Gasteiger partial charge >= 0.3 is 0 Å². The smallest absolute Gasteiger partial charge is 0.300 e. The molecule has 5 nitrogen and oxygen atoms in total. The van der Waals surface area contributed by atoms with Crippen molar-refractivity contribution in [1.29, 1.82) is 0 Å². The number of nitrogens with zero attached hydrogens (tertiary/aromatic N) is 1. The molecule has 3 aromatic rings. The monoisotopic (exact) mass is 459 g/mol. The minimum Gasteiger partial charge on any atom is -0.507 e. The van der Waals surface area contributed by atoms with Crippen LogP contribution in [-0.4, -0.2) is 23.9 Å². The average Bonchev–Trinajstić information content (AvgIpc) is 3.08. The van der Waals surface area contributed by atoms with Crippen LogP contribution >= 0.6 is 0 Å². The van der Waals surface area contributed by atoms with E-state index in [1.165, 1.54) is 30.2 Å². The molecule has 0 spiro atoms. The van der Waals surface area contributed by atoms with Crippen LogP contribution in [0.25, 0.3) is 5.76 Å². The summed E-state index contributed by atoms with van der Waals surface area (Å²) < 4.78 is 20.5. The number of anilines is 1. The Balaban J connectivity index is 2.02. The molecule has 0 aromatic heterocycles. The Labute approximate surface area is 198 Å². The lowest BCUT2D eigenvalue weighted by molar-refractivity contribution is -0.132. The molecule has 1 unspecified atom stereocenters. The minimum atomic E-state index is -1.15. The lowest BCUT2D eigenvalue weighted by Crippen LogP contribution is -2.29. The van der Waals surface area contributed by atoms with Gasteiger partial charge in [-0.3, -0.25) is 14.5 Å². The first-order chi connectivity index (χ1) is 16.1. The van der Waals surface area contributed by atoms with E-state index in [4.69, 9.17) is 4.74 Å². The number of aliphatic hydroxyl groups excluding tert-OH is 1. The van der Waals surface area contributed by atoms with Crippen molar-refractivity contribution in [2.75, 3.05) is 12.0 Å². The number of ether oxygens (including phenoxy) is 1. The summed E-state index contributed by atoms with van der Waals surface area (Å²) in [6, 6.07) is 18.7. The lowest BCUT2D eigenvalue weighted by Gasteiger charge is -2.26. The van der Waals surface area contributed by atoms with Crippen LogP contribution in [0.2, 0.25) is 0 Å². The molecule has 0 saturated carbocycles. The van der Waals surface area contributed by atoms with E-state index < -0.39 is 29.3 Å². The SMILES string of the molecule is COc1ccc(C(C)(C)C)cc1/C(O)=C1\C(=O)C(=O)N(c2ccccc2)C1c1ccccc1F. The number of Topliss-reactive ketones (excluding diaryl/α,β-unsaturated/α-hetero) is 1. The summed E-state index contributed by atoms with van der Waals surface area (Å²) in [6.07, 6.45) is 0. The van der Waals surface area contributed by atoms with Gasteiger partial charge < -0.3 is 9.84 Å². The predicted molar refractivity (Wildman–Crippen MR) is 129 cm³/mol. The van der Waals surface area contributed by atoms with E-state index >= 15 is 4.39 Å². The molecule has 174 valence electrons. The Morgan fingerprint density at radius 1 is 0.971 bits per heavy atom. The molecule has 1 heterocycles. The number of carbonyl (C=O) groups excluding carboxylic acids is 2. The van der Waals surface area contributed by atoms with Gasteiger partial charge in [0.2, 0.25) is 0 Å². The Morgan fingerprint density at radius 3 is 2.24 bits per heavy atom. The first kappa shape index (κ1) is 23.2. The van der Waals surface area contributed by atoms with Crippen molar-refractivity contribution in [3.8, 4) is 5.75 Å². The zero-order valence-corrected chi connectivity index (χ0v) is 19.5. The number of aliphatic hydroxyl groups is 1. The molecule has 1 aliphatic heterocycles. The van der Waals surface area contributed by atoms with E-state index in [-0.39, 0.29) is 22.1 Å². The first-order valence-corrected chi connectivity index (χ1v) is 10.9. The van der Waals surface area contributed by atoms with Gasteiger partial charge in [0.05, 0.1) is 24.3 Å². The van der Waals surface area contributed by atoms with Gasteiger partial charge in [-0.25, -0.2) is 4.39 Å². The zero-order valence-electron chi connectivity index (χ0n) is 19.5. The standard InChI is InChI=1S/C28H26FNO4/c1-28(2,3)17-14-15-22(34-4)20(16-17)25(31)23-24(19-12-8-9-13-21(19)29)30(27(33)26(23)32)18-10-6-5-7-11-18/h5-16,24,31H,1-4H3/b25-23+. The third-order valence-corrected chi connectivity index (χ3v) is 6.00. The predicted octanol–water partition coefficient (Wildman–Crippen LogP) is 5.76. The number of carbonyl (C=O) groups is 2. The van der Waals surface area contributed by atoms with Gasteiger partial charge in [-0.1, -0.05) is 63.2 Å². The van der Waals surface area contributed by atoms with Crippen LogP contribution in [0.1, 0.15) is 43.5 Å². The van der Waals surface area contributed by atoms with E-state index in [0.717, 1.165) is 5.56 Å². The van der Waals surface area contributed by atoms with E-state index in [1.54, 1.807) is 48.5 Å². The molecule has 0 bridgehead atoms. The Bertz CT molecular complexity index is 1290. The number of methoxy groups -OCH3 is 1. The van der Waals surface area contributed by atoms with Crippen LogP contribution in [0, 0.1) is 5.82 Å². The highest BCUT2D eigenvalue weighted by molar-refractivity contribution is 6.51. The van der Waals surface area contributed by atoms with Gasteiger partial charge in [-0.2, -0.15) is 0 Å². The molecule has 34 heavy (non-hydrogen) atoms. The third-order valence-electron chi connectivity index (χ3n) is 6.00. The highest BCUT2D eigenvalue weighted by Crippen LogP contribution is 2.44. The summed E-state index contributed by atoms with van der Waals surface area (Å²) in [5, 5.41) is 11.5. The van der Waals surface area contributed by atoms with Crippen molar-refractivity contribution in [3.05, 3.63) is 101 Å². The molecule has 0 aliphatic carbocycles. The molecular formula is C28H26FNO4. The minimum absolute atomic E-state index is 0.109. The van der Waals surface area contributed by atoms with Crippen LogP contribution in [0.15, 0.2) is 78.4 Å². The van der Waals surface area contributed by atoms with Gasteiger partial charge in [0, 0.05) is 11.3 Å². The van der Waals surface area contributed by atoms with Crippen molar-refractivity contribution in [1.82, 2.24) is 0 Å². The van der Waals surface area contributed by atoms with Crippen LogP contribution in [0.3, 0.4) is 0 Å². The summed E-state index contributed by atoms with van der Waals surface area (Å²) >= 11 is 0. The van der Waals surface area contributed by atoms with Crippen LogP contribution in [-0.2, 0) is 15.0 Å². The van der Waals surface area contributed by atoms with Gasteiger partial charge in [-0.05, 0) is 41.3 Å². The Kier molecular flexibility index (Phi) is 6.00. The summed E-state index contributed by atoms with van der Waals surface area (Å²) in [4.78, 5) is 27.7. The quantitative estimate of drug-likeness (QED) is 0.306. The Morgan fingerprint density at radius 2 is 1.62 bits per heavy atom. The summed E-state index contributed by atoms with van der Waals surface area (Å²) in [7, 11) is 1.46. The molecule has 1 atom stereocenters. The fourth-order valence-corrected chi connectivity index (χ4v) is 4.18. The molecule has 1 N–H and O–H groups in total. The molecule has 4 rings (SSSR count). The van der Waals surface area contributed by atoms with E-state index in [2.05, 4.69) is 0 Å². The molecule has 6 heteroatoms. The van der Waals surface area contributed by atoms with Crippen LogP contribution in [0.4, 0.5) is 10.1 Å². The molecule has 1 fully saturated rings. The van der Waals surface area contributed by atoms with Crippen molar-refractivity contribution in [2.45, 2.75) is 32.2 Å². The second-order valence-corrected chi connectivity index (χ2v) is 9.19. The Hall–Kier alpha value is -3.93. The number of hydrogen-bond donors (Lipinski definition) is 1. The number of para-hydroxylation sites is 1. The number of amides is 1. The molecule has 1 amide bonds. The fourth-order valence-electron chi connectivity index (χ4n) is 4.18. The van der Waals surface area contributed by atoms with E-state index in [1.807, 2.05) is 26.8 Å². The summed E-state index contributed by atoms with van der Waals surface area (Å²) in [5.74, 6) is -2.39. The van der Waals surface area contributed by atoms with Gasteiger partial charge in [0.25, 0.3) is 11.7 Å². The number of hydrogen-bond acceptors (Lipinski definition) is 4. The normalized spacial score (nSPS) is 17.8. The summed E-state index contributed by atoms with van der Waals surface area (Å²) in [6.45, 7) is 6.06. The fraction of sp³-hybridized carbons (Fsp3) is 0.214. The highest BCUT2D eigenvalue weighted by atomic mass is 19.1. The second kappa shape index (κ2) is 8.78. The third kappa shape index (κ3) is 3.96. The lowest BCUT2D eigenvalue weighted by atomic mass is 9.85. The number of halogens is 1. The number of ketones is 1. The molecule has 1 aliphatic rings. The first-order valence-electron chi connectivity index (χ1n) is 10.9. The maximum atomic E-state index is 15.0. The largest absolute Gasteiger partial charge is 0.507 e. The van der Waals surface area contributed by atoms with Crippen molar-refractivity contribution >= 4 is 23.1 Å². The van der Waals surface area contributed by atoms with Crippen LogP contribution < -0.4 is 9.64 Å². The van der Waals surface area contributed by atoms with Crippen LogP contribution in [0.5, 0.6) is 5.75 Å². The number of rotatable bonds is 4. The highest BCUT2D eigenvalue weighted by Gasteiger charge is 2.48. The van der Waals surface area contributed by atoms with Crippen molar-refractivity contribution in [3.63, 3.8) is 0 Å². The average molecular weight is 460 g/mol. The van der Waals surface area contributed by atoms with Crippen molar-refractivity contribution < 1.29 is 23.8 Å². The molecule has 3 aromatic carbocycles. The molecule has 1 saturated heterocycles. The molecule has 0 radical (unpaired) electrons. The van der Waals surface area contributed by atoms with Gasteiger partial charge in [0.1, 0.15) is 17.3 Å². The summed E-state index contributed by atoms with van der Waals surface area (Å²) in [5.41, 5.74) is 1.26. The topological polar surface area (TPSA) is 66.8 Å². The van der Waals surface area contributed by atoms with Gasteiger partial charge in [0.15, 0.2) is 0 Å². The van der Waals surface area contributed by atoms with Crippen molar-refractivity contribution in [2.24, 2.45) is 0 Å². The zero-order chi connectivity index (χ0) is 24.6. The second-order valence-electron chi connectivity index (χ2n) is 9.19. The number of benzene rings is 3. The van der Waals surface area contributed by atoms with E-state index in [0.29, 0.717) is 11.4 Å². The maximum absolute atomic E-state index is 15.0. The van der Waals surface area contributed by atoms with Gasteiger partial charge in [-0.15, -0.1) is 0 Å². The molecular weight excluding hydrogens is 433 g/mol. The maximum Gasteiger partial charge on any atom is 0.300 e. The van der Waals surface area contributed by atoms with E-state index in [9.17, 15) is 14.7 Å².